The van der Waals surface area contributed by atoms with Crippen LogP contribution in [0.4, 0.5) is 5.95 Å². The zero-order valence-corrected chi connectivity index (χ0v) is 13.2. The molecule has 0 spiro atoms. The Morgan fingerprint density at radius 2 is 2.00 bits per heavy atom. The van der Waals surface area contributed by atoms with Gasteiger partial charge in [0.15, 0.2) is 0 Å². The Kier molecular flexibility index (Phi) is 5.35. The summed E-state index contributed by atoms with van der Waals surface area (Å²) in [5.41, 5.74) is 1.18. The molecular formula is C15H18BrN3O. The van der Waals surface area contributed by atoms with E-state index < -0.39 is 0 Å². The first-order chi connectivity index (χ1) is 9.69. The van der Waals surface area contributed by atoms with Crippen LogP contribution in [0.15, 0.2) is 41.0 Å². The van der Waals surface area contributed by atoms with Crippen LogP contribution >= 0.6 is 15.9 Å². The van der Waals surface area contributed by atoms with Gasteiger partial charge in [0.1, 0.15) is 0 Å². The number of hydrogen-bond donors (Lipinski definition) is 1. The number of ether oxygens (including phenoxy) is 1. The van der Waals surface area contributed by atoms with Gasteiger partial charge in [0.05, 0.1) is 12.6 Å². The van der Waals surface area contributed by atoms with Crippen molar-refractivity contribution in [1.82, 2.24) is 9.97 Å². The highest BCUT2D eigenvalue weighted by atomic mass is 79.9. The van der Waals surface area contributed by atoms with Gasteiger partial charge < -0.3 is 10.1 Å². The van der Waals surface area contributed by atoms with Gasteiger partial charge in [0.25, 0.3) is 0 Å². The Labute approximate surface area is 127 Å². The van der Waals surface area contributed by atoms with Crippen LogP contribution in [-0.2, 0) is 0 Å². The number of rotatable bonds is 6. The standard InChI is InChI=1S/C15H18BrN3O/c1-3-10-20-14-8-9-17-15(19-14)18-11(2)12-4-6-13(16)7-5-12/h4-9,11H,3,10H2,1-2H3,(H,17,18,19). The van der Waals surface area contributed by atoms with Crippen molar-refractivity contribution in [2.75, 3.05) is 11.9 Å². The summed E-state index contributed by atoms with van der Waals surface area (Å²) in [6, 6.07) is 10.1. The molecule has 1 heterocycles. The van der Waals surface area contributed by atoms with Crippen LogP contribution in [0.2, 0.25) is 0 Å². The second kappa shape index (κ2) is 7.24. The third-order valence-electron chi connectivity index (χ3n) is 2.80. The Balaban J connectivity index is 2.03. The largest absolute Gasteiger partial charge is 0.478 e. The fraction of sp³-hybridized carbons (Fsp3) is 0.333. The maximum Gasteiger partial charge on any atom is 0.226 e. The Morgan fingerprint density at radius 3 is 2.70 bits per heavy atom. The molecule has 1 N–H and O–H groups in total. The highest BCUT2D eigenvalue weighted by molar-refractivity contribution is 9.10. The van der Waals surface area contributed by atoms with Crippen molar-refractivity contribution in [1.29, 1.82) is 0 Å². The van der Waals surface area contributed by atoms with Crippen molar-refractivity contribution < 1.29 is 4.74 Å². The molecular weight excluding hydrogens is 318 g/mol. The average molecular weight is 336 g/mol. The minimum absolute atomic E-state index is 0.129. The summed E-state index contributed by atoms with van der Waals surface area (Å²) in [6.07, 6.45) is 2.66. The average Bonchev–Trinajstić information content (AvgIpc) is 2.46. The van der Waals surface area contributed by atoms with E-state index in [2.05, 4.69) is 57.2 Å². The molecule has 0 aliphatic heterocycles. The molecule has 0 bridgehead atoms. The van der Waals surface area contributed by atoms with E-state index in [1.807, 2.05) is 12.1 Å². The molecule has 20 heavy (non-hydrogen) atoms. The zero-order chi connectivity index (χ0) is 14.4. The topological polar surface area (TPSA) is 47.0 Å². The van der Waals surface area contributed by atoms with Crippen LogP contribution in [-0.4, -0.2) is 16.6 Å². The molecule has 0 saturated heterocycles. The summed E-state index contributed by atoms with van der Waals surface area (Å²) in [4.78, 5) is 8.56. The highest BCUT2D eigenvalue weighted by Crippen LogP contribution is 2.20. The molecule has 0 fully saturated rings. The molecule has 5 heteroatoms. The summed E-state index contributed by atoms with van der Waals surface area (Å²) in [5, 5.41) is 3.28. The van der Waals surface area contributed by atoms with Crippen LogP contribution in [0.5, 0.6) is 5.88 Å². The van der Waals surface area contributed by atoms with Crippen molar-refractivity contribution in [3.63, 3.8) is 0 Å². The quantitative estimate of drug-likeness (QED) is 0.859. The second-order valence-corrected chi connectivity index (χ2v) is 5.40. The van der Waals surface area contributed by atoms with Crippen LogP contribution < -0.4 is 10.1 Å². The molecule has 0 saturated carbocycles. The number of aromatic nitrogens is 2. The normalized spacial score (nSPS) is 11.9. The summed E-state index contributed by atoms with van der Waals surface area (Å²) >= 11 is 3.43. The van der Waals surface area contributed by atoms with E-state index in [1.54, 1.807) is 12.3 Å². The molecule has 0 amide bonds. The van der Waals surface area contributed by atoms with E-state index in [0.29, 0.717) is 18.4 Å². The van der Waals surface area contributed by atoms with Crippen molar-refractivity contribution in [3.8, 4) is 5.88 Å². The Bertz CT molecular complexity index is 545. The predicted octanol–water partition coefficient (Wildman–Crippen LogP) is 4.20. The lowest BCUT2D eigenvalue weighted by Gasteiger charge is -2.14. The molecule has 4 nitrogen and oxygen atoms in total. The molecule has 106 valence electrons. The molecule has 1 aromatic heterocycles. The lowest BCUT2D eigenvalue weighted by Crippen LogP contribution is -2.10. The third-order valence-corrected chi connectivity index (χ3v) is 3.33. The molecule has 1 atom stereocenters. The smallest absolute Gasteiger partial charge is 0.226 e. The minimum atomic E-state index is 0.129. The van der Waals surface area contributed by atoms with E-state index in [1.165, 1.54) is 5.56 Å². The number of hydrogen-bond acceptors (Lipinski definition) is 4. The van der Waals surface area contributed by atoms with Crippen molar-refractivity contribution in [2.45, 2.75) is 26.3 Å². The van der Waals surface area contributed by atoms with Gasteiger partial charge in [0, 0.05) is 16.7 Å². The predicted molar refractivity (Wildman–Crippen MR) is 84.0 cm³/mol. The van der Waals surface area contributed by atoms with E-state index in [-0.39, 0.29) is 6.04 Å². The molecule has 1 aromatic carbocycles. The van der Waals surface area contributed by atoms with Gasteiger partial charge in [0.2, 0.25) is 11.8 Å². The second-order valence-electron chi connectivity index (χ2n) is 4.48. The van der Waals surface area contributed by atoms with Crippen molar-refractivity contribution >= 4 is 21.9 Å². The number of anilines is 1. The van der Waals surface area contributed by atoms with Gasteiger partial charge in [-0.2, -0.15) is 4.98 Å². The first kappa shape index (κ1) is 14.8. The summed E-state index contributed by atoms with van der Waals surface area (Å²) in [5.74, 6) is 1.18. The minimum Gasteiger partial charge on any atom is -0.478 e. The monoisotopic (exact) mass is 335 g/mol. The van der Waals surface area contributed by atoms with E-state index >= 15 is 0 Å². The maximum atomic E-state index is 5.50. The van der Waals surface area contributed by atoms with Gasteiger partial charge in [-0.25, -0.2) is 4.98 Å². The zero-order valence-electron chi connectivity index (χ0n) is 11.6. The van der Waals surface area contributed by atoms with Crippen molar-refractivity contribution in [3.05, 3.63) is 46.6 Å². The lowest BCUT2D eigenvalue weighted by molar-refractivity contribution is 0.305. The number of halogens is 1. The molecule has 2 aromatic rings. The van der Waals surface area contributed by atoms with Crippen LogP contribution in [0.1, 0.15) is 31.9 Å². The fourth-order valence-electron chi connectivity index (χ4n) is 1.73. The third kappa shape index (κ3) is 4.20. The first-order valence-electron chi connectivity index (χ1n) is 6.67. The van der Waals surface area contributed by atoms with Crippen LogP contribution in [0.25, 0.3) is 0 Å². The maximum absolute atomic E-state index is 5.50. The highest BCUT2D eigenvalue weighted by Gasteiger charge is 2.07. The summed E-state index contributed by atoms with van der Waals surface area (Å²) in [7, 11) is 0. The van der Waals surface area contributed by atoms with E-state index in [4.69, 9.17) is 4.74 Å². The van der Waals surface area contributed by atoms with E-state index in [9.17, 15) is 0 Å². The van der Waals surface area contributed by atoms with Gasteiger partial charge in [-0.15, -0.1) is 0 Å². The molecule has 1 unspecified atom stereocenters. The summed E-state index contributed by atoms with van der Waals surface area (Å²) in [6.45, 7) is 4.81. The van der Waals surface area contributed by atoms with Gasteiger partial charge in [-0.1, -0.05) is 35.0 Å². The number of benzene rings is 1. The molecule has 0 aliphatic carbocycles. The van der Waals surface area contributed by atoms with Gasteiger partial charge in [-0.3, -0.25) is 0 Å². The SMILES string of the molecule is CCCOc1ccnc(NC(C)c2ccc(Br)cc2)n1. The summed E-state index contributed by atoms with van der Waals surface area (Å²) < 4.78 is 6.57. The lowest BCUT2D eigenvalue weighted by atomic mass is 10.1. The molecule has 0 aliphatic rings. The van der Waals surface area contributed by atoms with Gasteiger partial charge in [-0.05, 0) is 31.0 Å². The van der Waals surface area contributed by atoms with Crippen LogP contribution in [0.3, 0.4) is 0 Å². The number of nitrogens with zero attached hydrogens (tertiary/aromatic N) is 2. The number of nitrogens with one attached hydrogen (secondary N) is 1. The molecule has 2 rings (SSSR count). The Morgan fingerprint density at radius 1 is 1.25 bits per heavy atom. The fourth-order valence-corrected chi connectivity index (χ4v) is 1.99. The van der Waals surface area contributed by atoms with E-state index in [0.717, 1.165) is 10.9 Å². The van der Waals surface area contributed by atoms with Gasteiger partial charge >= 0.3 is 0 Å². The van der Waals surface area contributed by atoms with Crippen LogP contribution in [0, 0.1) is 0 Å². The first-order valence-corrected chi connectivity index (χ1v) is 7.46. The molecule has 0 radical (unpaired) electrons. The Hall–Kier alpha value is -1.62. The van der Waals surface area contributed by atoms with Crippen molar-refractivity contribution in [2.24, 2.45) is 0 Å².